The number of hydrazone groups is 1. The Balaban J connectivity index is 2.76. The number of anilines is 1. The van der Waals surface area contributed by atoms with E-state index in [0.29, 0.717) is 0 Å². The lowest BCUT2D eigenvalue weighted by molar-refractivity contribution is 1.34. The van der Waals surface area contributed by atoms with Crippen molar-refractivity contribution in [3.63, 3.8) is 0 Å². The number of nitrogens with two attached hydrogens (primary N) is 1. The van der Waals surface area contributed by atoms with E-state index in [1.807, 2.05) is 24.3 Å². The highest BCUT2D eigenvalue weighted by molar-refractivity contribution is 14.1. The second kappa shape index (κ2) is 5.63. The zero-order valence-corrected chi connectivity index (χ0v) is 10.5. The number of nitrogens with one attached hydrogen (secondary N) is 1. The Hall–Kier alpha value is -1.20. The van der Waals surface area contributed by atoms with Crippen LogP contribution in [0.5, 0.6) is 0 Å². The van der Waals surface area contributed by atoms with Gasteiger partial charge in [-0.2, -0.15) is 10.4 Å². The van der Waals surface area contributed by atoms with Crippen molar-refractivity contribution in [2.24, 2.45) is 10.8 Å². The number of nitrogens with zero attached hydrogens (tertiary/aromatic N) is 2. The molecule has 6 heteroatoms. The quantitative estimate of drug-likeness (QED) is 0.384. The van der Waals surface area contributed by atoms with Crippen molar-refractivity contribution in [2.75, 3.05) is 5.43 Å². The van der Waals surface area contributed by atoms with Crippen LogP contribution < -0.4 is 11.2 Å². The summed E-state index contributed by atoms with van der Waals surface area (Å²) in [7, 11) is 0. The van der Waals surface area contributed by atoms with E-state index < -0.39 is 0 Å². The lowest BCUT2D eigenvalue weighted by Crippen LogP contribution is -2.20. The molecule has 76 valence electrons. The highest BCUT2D eigenvalue weighted by atomic mass is 127. The van der Waals surface area contributed by atoms with Gasteiger partial charge in [-0.05, 0) is 46.9 Å². The largest absolute Gasteiger partial charge is 0.387 e. The molecule has 0 spiro atoms. The Morgan fingerprint density at radius 3 is 2.53 bits per heavy atom. The molecule has 1 aromatic rings. The molecule has 0 fully saturated rings. The van der Waals surface area contributed by atoms with Crippen LogP contribution in [-0.2, 0) is 0 Å². The predicted molar refractivity (Wildman–Crippen MR) is 72.6 cm³/mol. The second-order valence-corrected chi connectivity index (χ2v) is 4.24. The fourth-order valence-corrected chi connectivity index (χ4v) is 1.23. The Morgan fingerprint density at radius 2 is 2.07 bits per heavy atom. The number of thiocarbonyl (C=S) groups is 1. The van der Waals surface area contributed by atoms with Gasteiger partial charge in [0.1, 0.15) is 11.1 Å². The fourth-order valence-electron chi connectivity index (χ4n) is 0.780. The van der Waals surface area contributed by atoms with Crippen LogP contribution in [0, 0.1) is 14.9 Å². The molecule has 3 N–H and O–H groups in total. The lowest BCUT2D eigenvalue weighted by Gasteiger charge is -2.00. The summed E-state index contributed by atoms with van der Waals surface area (Å²) in [5.41, 5.74) is 8.77. The summed E-state index contributed by atoms with van der Waals surface area (Å²) < 4.78 is 1.12. The van der Waals surface area contributed by atoms with E-state index in [1.54, 1.807) is 6.07 Å². The van der Waals surface area contributed by atoms with Crippen molar-refractivity contribution in [3.05, 3.63) is 27.8 Å². The first-order chi connectivity index (χ1) is 7.13. The second-order valence-electron chi connectivity index (χ2n) is 2.56. The van der Waals surface area contributed by atoms with Gasteiger partial charge in [0.15, 0.2) is 5.71 Å². The van der Waals surface area contributed by atoms with Gasteiger partial charge < -0.3 is 5.73 Å². The molecule has 15 heavy (non-hydrogen) atoms. The molecule has 0 aliphatic carbocycles. The summed E-state index contributed by atoms with van der Waals surface area (Å²) >= 11 is 6.84. The minimum absolute atomic E-state index is 0.0172. The summed E-state index contributed by atoms with van der Waals surface area (Å²) in [4.78, 5) is -0.0180. The van der Waals surface area contributed by atoms with E-state index in [2.05, 4.69) is 45.3 Å². The maximum absolute atomic E-state index is 8.63. The Labute approximate surface area is 106 Å². The van der Waals surface area contributed by atoms with Gasteiger partial charge in [0.05, 0.1) is 5.69 Å². The lowest BCUT2D eigenvalue weighted by atomic mass is 10.3. The van der Waals surface area contributed by atoms with Gasteiger partial charge in [-0.1, -0.05) is 12.2 Å². The third-order valence-electron chi connectivity index (χ3n) is 1.48. The summed E-state index contributed by atoms with van der Waals surface area (Å²) in [6.07, 6.45) is 0. The van der Waals surface area contributed by atoms with Gasteiger partial charge in [0.25, 0.3) is 0 Å². The molecule has 0 heterocycles. The number of benzene rings is 1. The molecule has 0 aliphatic rings. The molecule has 0 amide bonds. The van der Waals surface area contributed by atoms with E-state index in [9.17, 15) is 0 Å². The highest BCUT2D eigenvalue weighted by Crippen LogP contribution is 2.10. The van der Waals surface area contributed by atoms with Crippen LogP contribution in [0.4, 0.5) is 5.69 Å². The topological polar surface area (TPSA) is 74.2 Å². The molecule has 0 aromatic heterocycles. The molecule has 1 rings (SSSR count). The maximum atomic E-state index is 8.63. The minimum Gasteiger partial charge on any atom is -0.387 e. The van der Waals surface area contributed by atoms with Crippen molar-refractivity contribution < 1.29 is 0 Å². The molecule has 0 saturated heterocycles. The molecule has 0 unspecified atom stereocenters. The number of hydrogen-bond donors (Lipinski definition) is 2. The first-order valence-electron chi connectivity index (χ1n) is 3.92. The summed E-state index contributed by atoms with van der Waals surface area (Å²) in [5.74, 6) is 0. The standard InChI is InChI=1S/C9H7IN4S/c10-6-1-3-7(4-2-6)13-14-8(5-11)9(12)15/h1-4,13H,(H2,12,15). The summed E-state index contributed by atoms with van der Waals surface area (Å²) in [6, 6.07) is 9.34. The smallest absolute Gasteiger partial charge is 0.194 e. The average Bonchev–Trinajstić information content (AvgIpc) is 2.21. The van der Waals surface area contributed by atoms with Crippen LogP contribution in [0.2, 0.25) is 0 Å². The number of nitriles is 1. The Morgan fingerprint density at radius 1 is 1.47 bits per heavy atom. The Kier molecular flexibility index (Phi) is 4.45. The van der Waals surface area contributed by atoms with Gasteiger partial charge in [-0.15, -0.1) is 0 Å². The molecule has 0 saturated carbocycles. The van der Waals surface area contributed by atoms with Crippen LogP contribution in [0.1, 0.15) is 0 Å². The van der Waals surface area contributed by atoms with Crippen molar-refractivity contribution in [3.8, 4) is 6.07 Å². The van der Waals surface area contributed by atoms with Crippen molar-refractivity contribution in [1.82, 2.24) is 0 Å². The summed E-state index contributed by atoms with van der Waals surface area (Å²) in [5, 5.41) is 12.4. The van der Waals surface area contributed by atoms with E-state index in [0.717, 1.165) is 9.26 Å². The first-order valence-corrected chi connectivity index (χ1v) is 5.41. The number of rotatable bonds is 3. The van der Waals surface area contributed by atoms with Gasteiger partial charge in [0.2, 0.25) is 0 Å². The van der Waals surface area contributed by atoms with Crippen molar-refractivity contribution in [2.45, 2.75) is 0 Å². The molecule has 0 atom stereocenters. The first kappa shape index (κ1) is 11.9. The minimum atomic E-state index is -0.0180. The van der Waals surface area contributed by atoms with E-state index in [4.69, 9.17) is 11.0 Å². The average molecular weight is 330 g/mol. The predicted octanol–water partition coefficient (Wildman–Crippen LogP) is 1.87. The summed E-state index contributed by atoms with van der Waals surface area (Å²) in [6.45, 7) is 0. The van der Waals surface area contributed by atoms with Crippen molar-refractivity contribution >= 4 is 51.2 Å². The molecular formula is C9H7IN4S. The van der Waals surface area contributed by atoms with Crippen LogP contribution in [0.15, 0.2) is 29.4 Å². The van der Waals surface area contributed by atoms with Crippen LogP contribution in [0.25, 0.3) is 0 Å². The molecule has 0 bridgehead atoms. The third-order valence-corrected chi connectivity index (χ3v) is 2.39. The van der Waals surface area contributed by atoms with Crippen LogP contribution in [-0.4, -0.2) is 10.7 Å². The van der Waals surface area contributed by atoms with Crippen LogP contribution >= 0.6 is 34.8 Å². The maximum Gasteiger partial charge on any atom is 0.194 e. The van der Waals surface area contributed by atoms with E-state index in [-0.39, 0.29) is 10.7 Å². The fraction of sp³-hybridized carbons (Fsp3) is 0. The van der Waals surface area contributed by atoms with Gasteiger partial charge in [-0.3, -0.25) is 5.43 Å². The SMILES string of the molecule is N#CC(=NNc1ccc(I)cc1)C(N)=S. The highest BCUT2D eigenvalue weighted by Gasteiger charge is 2.00. The van der Waals surface area contributed by atoms with Gasteiger partial charge in [-0.25, -0.2) is 0 Å². The number of hydrogen-bond acceptors (Lipinski definition) is 4. The molecule has 0 radical (unpaired) electrons. The monoisotopic (exact) mass is 330 g/mol. The van der Waals surface area contributed by atoms with Crippen LogP contribution in [0.3, 0.4) is 0 Å². The van der Waals surface area contributed by atoms with E-state index >= 15 is 0 Å². The number of halogens is 1. The zero-order chi connectivity index (χ0) is 11.3. The van der Waals surface area contributed by atoms with Gasteiger partial charge >= 0.3 is 0 Å². The molecule has 1 aromatic carbocycles. The van der Waals surface area contributed by atoms with Gasteiger partial charge in [0, 0.05) is 3.57 Å². The van der Waals surface area contributed by atoms with E-state index in [1.165, 1.54) is 0 Å². The molecular weight excluding hydrogens is 323 g/mol. The van der Waals surface area contributed by atoms with Crippen molar-refractivity contribution in [1.29, 1.82) is 5.26 Å². The molecule has 0 aliphatic heterocycles. The molecule has 4 nitrogen and oxygen atoms in total. The Bertz CT molecular complexity index is 432. The zero-order valence-electron chi connectivity index (χ0n) is 7.57. The third kappa shape index (κ3) is 3.81. The normalized spacial score (nSPS) is 10.5.